The van der Waals surface area contributed by atoms with Crippen molar-refractivity contribution in [3.8, 4) is 17.5 Å². The summed E-state index contributed by atoms with van der Waals surface area (Å²) in [6, 6.07) is 4.25. The number of nitro groups is 1. The molecule has 0 spiro atoms. The van der Waals surface area contributed by atoms with E-state index in [4.69, 9.17) is 21.1 Å². The third-order valence-electron chi connectivity index (χ3n) is 2.40. The van der Waals surface area contributed by atoms with Gasteiger partial charge in [-0.3, -0.25) is 10.1 Å². The van der Waals surface area contributed by atoms with Gasteiger partial charge in [0.2, 0.25) is 5.75 Å². The Hall–Kier alpha value is -2.41. The molecule has 0 aliphatic rings. The van der Waals surface area contributed by atoms with Crippen molar-refractivity contribution in [1.82, 2.24) is 9.97 Å². The quantitative estimate of drug-likeness (QED) is 0.479. The predicted molar refractivity (Wildman–Crippen MR) is 71.3 cm³/mol. The number of aromatic nitrogens is 2. The maximum atomic E-state index is 11.0. The maximum absolute atomic E-state index is 11.0. The van der Waals surface area contributed by atoms with Crippen LogP contribution in [0, 0.1) is 10.1 Å². The first-order valence-electron chi connectivity index (χ1n) is 5.51. The molecular weight excluding hydrogens is 286 g/mol. The van der Waals surface area contributed by atoms with Crippen molar-refractivity contribution in [3.05, 3.63) is 46.3 Å². The van der Waals surface area contributed by atoms with Gasteiger partial charge in [0.15, 0.2) is 0 Å². The lowest BCUT2D eigenvalue weighted by molar-refractivity contribution is -0.385. The zero-order valence-electron chi connectivity index (χ0n) is 10.4. The van der Waals surface area contributed by atoms with Gasteiger partial charge in [-0.05, 0) is 12.1 Å². The molecule has 2 aromatic rings. The second-order valence-electron chi connectivity index (χ2n) is 3.70. The highest BCUT2D eigenvalue weighted by Crippen LogP contribution is 2.33. The number of hydrogen-bond donors (Lipinski definition) is 0. The summed E-state index contributed by atoms with van der Waals surface area (Å²) in [5, 5.41) is 11.0. The molecule has 2 rings (SSSR count). The zero-order valence-corrected chi connectivity index (χ0v) is 11.2. The van der Waals surface area contributed by atoms with E-state index in [1.807, 2.05) is 0 Å². The summed E-state index contributed by atoms with van der Waals surface area (Å²) in [6.07, 6.45) is 2.98. The Morgan fingerprint density at radius 2 is 2.05 bits per heavy atom. The van der Waals surface area contributed by atoms with Gasteiger partial charge in [-0.25, -0.2) is 9.97 Å². The molecule has 7 nitrogen and oxygen atoms in total. The summed E-state index contributed by atoms with van der Waals surface area (Å²) >= 11 is 5.62. The van der Waals surface area contributed by atoms with Gasteiger partial charge in [-0.1, -0.05) is 0 Å². The highest BCUT2D eigenvalue weighted by molar-refractivity contribution is 6.17. The van der Waals surface area contributed by atoms with E-state index in [0.29, 0.717) is 5.75 Å². The highest BCUT2D eigenvalue weighted by atomic mass is 35.5. The minimum Gasteiger partial charge on any atom is -0.496 e. The van der Waals surface area contributed by atoms with E-state index in [1.165, 1.54) is 31.6 Å². The van der Waals surface area contributed by atoms with Crippen LogP contribution in [0.25, 0.3) is 0 Å². The summed E-state index contributed by atoms with van der Waals surface area (Å²) in [6.45, 7) is 0. The van der Waals surface area contributed by atoms with Crippen molar-refractivity contribution >= 4 is 17.3 Å². The van der Waals surface area contributed by atoms with E-state index in [0.717, 1.165) is 5.56 Å². The molecule has 0 saturated carbocycles. The first-order valence-corrected chi connectivity index (χ1v) is 6.04. The summed E-state index contributed by atoms with van der Waals surface area (Å²) < 4.78 is 10.2. The summed E-state index contributed by atoms with van der Waals surface area (Å²) in [4.78, 5) is 18.3. The van der Waals surface area contributed by atoms with E-state index < -0.39 is 4.92 Å². The van der Waals surface area contributed by atoms with Crippen LogP contribution in [-0.2, 0) is 5.88 Å². The van der Waals surface area contributed by atoms with Gasteiger partial charge in [0, 0.05) is 18.0 Å². The number of hydrogen-bond acceptors (Lipinski definition) is 6. The molecule has 0 amide bonds. The van der Waals surface area contributed by atoms with E-state index in [1.54, 1.807) is 6.07 Å². The topological polar surface area (TPSA) is 87.4 Å². The summed E-state index contributed by atoms with van der Waals surface area (Å²) in [5.74, 6) is 0.681. The molecule has 0 unspecified atom stereocenters. The van der Waals surface area contributed by atoms with Gasteiger partial charge < -0.3 is 9.47 Å². The zero-order chi connectivity index (χ0) is 14.5. The van der Waals surface area contributed by atoms with Crippen molar-refractivity contribution < 1.29 is 14.4 Å². The molecule has 0 bridgehead atoms. The van der Waals surface area contributed by atoms with Crippen LogP contribution in [0.2, 0.25) is 0 Å². The molecule has 8 heteroatoms. The molecular formula is C12H10ClN3O4. The minimum atomic E-state index is -0.564. The van der Waals surface area contributed by atoms with Crippen molar-refractivity contribution in [1.29, 1.82) is 0 Å². The van der Waals surface area contributed by atoms with Crippen LogP contribution in [0.1, 0.15) is 5.56 Å². The van der Waals surface area contributed by atoms with Crippen LogP contribution >= 0.6 is 11.6 Å². The van der Waals surface area contributed by atoms with Crippen LogP contribution < -0.4 is 9.47 Å². The smallest absolute Gasteiger partial charge is 0.322 e. The van der Waals surface area contributed by atoms with E-state index in [-0.39, 0.29) is 23.3 Å². The average Bonchev–Trinajstić information content (AvgIpc) is 2.48. The van der Waals surface area contributed by atoms with Gasteiger partial charge in [0.25, 0.3) is 0 Å². The summed E-state index contributed by atoms with van der Waals surface area (Å²) in [7, 11) is 1.42. The fraction of sp³-hybridized carbons (Fsp3) is 0.167. The number of ether oxygens (including phenoxy) is 2. The number of alkyl halides is 1. The molecule has 0 saturated heterocycles. The van der Waals surface area contributed by atoms with E-state index in [9.17, 15) is 10.1 Å². The van der Waals surface area contributed by atoms with Crippen LogP contribution in [0.3, 0.4) is 0 Å². The number of nitrogens with zero attached hydrogens (tertiary/aromatic N) is 3. The van der Waals surface area contributed by atoms with Gasteiger partial charge in [0.05, 0.1) is 24.0 Å². The van der Waals surface area contributed by atoms with Gasteiger partial charge >= 0.3 is 11.7 Å². The second kappa shape index (κ2) is 6.16. The molecule has 0 aliphatic heterocycles. The first-order chi connectivity index (χ1) is 9.63. The van der Waals surface area contributed by atoms with Crippen LogP contribution in [-0.4, -0.2) is 22.0 Å². The van der Waals surface area contributed by atoms with Crippen molar-refractivity contribution in [3.63, 3.8) is 0 Å². The molecule has 1 aromatic carbocycles. The van der Waals surface area contributed by atoms with Crippen molar-refractivity contribution in [2.45, 2.75) is 5.88 Å². The van der Waals surface area contributed by atoms with Crippen molar-refractivity contribution in [2.24, 2.45) is 0 Å². The van der Waals surface area contributed by atoms with Gasteiger partial charge in [-0.2, -0.15) is 0 Å². The standard InChI is InChI=1S/C12H10ClN3O4/c1-19-9-2-3-11(10(4-9)16(17)18)20-12-14-6-8(5-13)7-15-12/h2-4,6-7H,5H2,1H3. The summed E-state index contributed by atoms with van der Waals surface area (Å²) in [5.41, 5.74) is 0.498. The minimum absolute atomic E-state index is 0.00661. The third-order valence-corrected chi connectivity index (χ3v) is 2.71. The molecule has 0 aliphatic carbocycles. The molecule has 1 aromatic heterocycles. The Balaban J connectivity index is 2.29. The fourth-order valence-electron chi connectivity index (χ4n) is 1.42. The molecule has 104 valence electrons. The molecule has 1 heterocycles. The largest absolute Gasteiger partial charge is 0.496 e. The van der Waals surface area contributed by atoms with Crippen LogP contribution in [0.15, 0.2) is 30.6 Å². The van der Waals surface area contributed by atoms with Crippen LogP contribution in [0.5, 0.6) is 17.5 Å². The average molecular weight is 296 g/mol. The SMILES string of the molecule is COc1ccc(Oc2ncc(CCl)cn2)c([N+](=O)[O-])c1. The normalized spacial score (nSPS) is 10.1. The Morgan fingerprint density at radius 1 is 1.35 bits per heavy atom. The molecule has 0 atom stereocenters. The molecule has 0 radical (unpaired) electrons. The van der Waals surface area contributed by atoms with E-state index in [2.05, 4.69) is 9.97 Å². The second-order valence-corrected chi connectivity index (χ2v) is 3.97. The van der Waals surface area contributed by atoms with Crippen LogP contribution in [0.4, 0.5) is 5.69 Å². The Morgan fingerprint density at radius 3 is 2.60 bits per heavy atom. The molecule has 20 heavy (non-hydrogen) atoms. The highest BCUT2D eigenvalue weighted by Gasteiger charge is 2.18. The van der Waals surface area contributed by atoms with Gasteiger partial charge in [0.1, 0.15) is 5.75 Å². The molecule has 0 fully saturated rings. The maximum Gasteiger partial charge on any atom is 0.322 e. The molecule has 0 N–H and O–H groups in total. The Bertz CT molecular complexity index is 619. The third kappa shape index (κ3) is 3.12. The lowest BCUT2D eigenvalue weighted by Crippen LogP contribution is -1.97. The van der Waals surface area contributed by atoms with E-state index >= 15 is 0 Å². The van der Waals surface area contributed by atoms with Crippen molar-refractivity contribution in [2.75, 3.05) is 7.11 Å². The number of nitro benzene ring substituents is 1. The van der Waals surface area contributed by atoms with Gasteiger partial charge in [-0.15, -0.1) is 11.6 Å². The number of benzene rings is 1. The Kier molecular flexibility index (Phi) is 4.31. The lowest BCUT2D eigenvalue weighted by atomic mass is 10.3. The number of methoxy groups -OCH3 is 1. The first kappa shape index (κ1) is 14.0. The number of halogens is 1. The fourth-order valence-corrected chi connectivity index (χ4v) is 1.55. The monoisotopic (exact) mass is 295 g/mol. The number of rotatable bonds is 5. The lowest BCUT2D eigenvalue weighted by Gasteiger charge is -2.06. The Labute approximate surface area is 119 Å². The predicted octanol–water partition coefficient (Wildman–Crippen LogP) is 2.92.